The van der Waals surface area contributed by atoms with E-state index in [4.69, 9.17) is 0 Å². The predicted molar refractivity (Wildman–Crippen MR) is 40.2 cm³/mol. The number of rotatable bonds is 1. The minimum Gasteiger partial charge on any atom is -0.225 e. The van der Waals surface area contributed by atoms with Crippen molar-refractivity contribution in [3.8, 4) is 0 Å². The molecule has 0 bridgehead atoms. The molecule has 0 aliphatic carbocycles. The molecule has 0 spiro atoms. The number of hydrogen-bond donors (Lipinski definition) is 0. The van der Waals surface area contributed by atoms with Crippen LogP contribution in [0.4, 0.5) is 0 Å². The standard InChI is InChI=1S/C7H8N4/c1-2-6-3-10-11-5-8-4-9-7(6)11/h3-5H,2H2,1H3. The number of fused-ring (bicyclic) bond motifs is 1. The molecule has 0 N–H and O–H groups in total. The number of hydrogen-bond acceptors (Lipinski definition) is 3. The van der Waals surface area contributed by atoms with Gasteiger partial charge in [0.15, 0.2) is 5.65 Å². The van der Waals surface area contributed by atoms with Crippen LogP contribution in [-0.2, 0) is 6.42 Å². The van der Waals surface area contributed by atoms with Gasteiger partial charge in [0.05, 0.1) is 6.20 Å². The maximum absolute atomic E-state index is 4.10. The Bertz CT molecular complexity index is 365. The maximum atomic E-state index is 4.10. The van der Waals surface area contributed by atoms with Gasteiger partial charge >= 0.3 is 0 Å². The van der Waals surface area contributed by atoms with Crippen molar-refractivity contribution >= 4 is 5.65 Å². The van der Waals surface area contributed by atoms with Gasteiger partial charge in [-0.15, -0.1) is 0 Å². The summed E-state index contributed by atoms with van der Waals surface area (Å²) in [6, 6.07) is 0. The molecule has 0 fully saturated rings. The molecule has 2 rings (SSSR count). The first-order valence-corrected chi connectivity index (χ1v) is 3.54. The van der Waals surface area contributed by atoms with Crippen LogP contribution in [0.15, 0.2) is 18.9 Å². The average Bonchev–Trinajstić information content (AvgIpc) is 2.47. The lowest BCUT2D eigenvalue weighted by Gasteiger charge is -1.90. The summed E-state index contributed by atoms with van der Waals surface area (Å²) in [5.41, 5.74) is 2.06. The number of aromatic nitrogens is 4. The fourth-order valence-electron chi connectivity index (χ4n) is 1.05. The Labute approximate surface area is 63.9 Å². The summed E-state index contributed by atoms with van der Waals surface area (Å²) < 4.78 is 1.68. The van der Waals surface area contributed by atoms with Crippen LogP contribution >= 0.6 is 0 Å². The van der Waals surface area contributed by atoms with Crippen molar-refractivity contribution < 1.29 is 0 Å². The van der Waals surface area contributed by atoms with E-state index in [-0.39, 0.29) is 0 Å². The zero-order valence-corrected chi connectivity index (χ0v) is 6.23. The highest BCUT2D eigenvalue weighted by Crippen LogP contribution is 2.05. The van der Waals surface area contributed by atoms with E-state index >= 15 is 0 Å². The molecule has 0 atom stereocenters. The summed E-state index contributed by atoms with van der Waals surface area (Å²) in [5, 5.41) is 4.08. The Morgan fingerprint density at radius 2 is 2.45 bits per heavy atom. The van der Waals surface area contributed by atoms with Crippen molar-refractivity contribution in [3.63, 3.8) is 0 Å². The van der Waals surface area contributed by atoms with E-state index < -0.39 is 0 Å². The van der Waals surface area contributed by atoms with E-state index in [1.807, 2.05) is 6.20 Å². The van der Waals surface area contributed by atoms with Gasteiger partial charge in [-0.3, -0.25) is 0 Å². The van der Waals surface area contributed by atoms with Gasteiger partial charge in [-0.2, -0.15) is 5.10 Å². The molecule has 0 amide bonds. The maximum Gasteiger partial charge on any atom is 0.161 e. The lowest BCUT2D eigenvalue weighted by atomic mass is 10.3. The molecule has 4 nitrogen and oxygen atoms in total. The van der Waals surface area contributed by atoms with Gasteiger partial charge in [-0.25, -0.2) is 14.5 Å². The predicted octanol–water partition coefficient (Wildman–Crippen LogP) is 0.687. The molecule has 0 saturated heterocycles. The van der Waals surface area contributed by atoms with Crippen molar-refractivity contribution in [1.82, 2.24) is 19.6 Å². The van der Waals surface area contributed by atoms with E-state index in [0.29, 0.717) is 0 Å². The summed E-state index contributed by atoms with van der Waals surface area (Å²) in [5.74, 6) is 0. The van der Waals surface area contributed by atoms with Gasteiger partial charge in [-0.05, 0) is 6.42 Å². The van der Waals surface area contributed by atoms with Crippen LogP contribution in [0.25, 0.3) is 5.65 Å². The molecule has 0 unspecified atom stereocenters. The number of aryl methyl sites for hydroxylation is 1. The third-order valence-corrected chi connectivity index (χ3v) is 1.65. The molecule has 0 radical (unpaired) electrons. The molecular formula is C7H8N4. The summed E-state index contributed by atoms with van der Waals surface area (Å²) in [6.07, 6.45) is 5.97. The van der Waals surface area contributed by atoms with Crippen LogP contribution in [0.3, 0.4) is 0 Å². The fourth-order valence-corrected chi connectivity index (χ4v) is 1.05. The molecular weight excluding hydrogens is 140 g/mol. The van der Waals surface area contributed by atoms with Gasteiger partial charge in [0, 0.05) is 5.56 Å². The smallest absolute Gasteiger partial charge is 0.161 e. The Morgan fingerprint density at radius 3 is 3.27 bits per heavy atom. The largest absolute Gasteiger partial charge is 0.225 e. The highest BCUT2D eigenvalue weighted by atomic mass is 15.3. The van der Waals surface area contributed by atoms with Crippen LogP contribution in [0.2, 0.25) is 0 Å². The second-order valence-electron chi connectivity index (χ2n) is 2.30. The third-order valence-electron chi connectivity index (χ3n) is 1.65. The van der Waals surface area contributed by atoms with Crippen molar-refractivity contribution in [2.45, 2.75) is 13.3 Å². The van der Waals surface area contributed by atoms with E-state index in [1.165, 1.54) is 6.33 Å². The van der Waals surface area contributed by atoms with Gasteiger partial charge < -0.3 is 0 Å². The van der Waals surface area contributed by atoms with Gasteiger partial charge in [0.25, 0.3) is 0 Å². The summed E-state index contributed by atoms with van der Waals surface area (Å²) in [6.45, 7) is 2.08. The summed E-state index contributed by atoms with van der Waals surface area (Å²) in [4.78, 5) is 7.95. The topological polar surface area (TPSA) is 43.1 Å². The van der Waals surface area contributed by atoms with E-state index in [2.05, 4.69) is 22.0 Å². The van der Waals surface area contributed by atoms with E-state index in [1.54, 1.807) is 10.8 Å². The van der Waals surface area contributed by atoms with Gasteiger partial charge in [0.2, 0.25) is 0 Å². The third kappa shape index (κ3) is 0.869. The molecule has 0 aromatic carbocycles. The van der Waals surface area contributed by atoms with Crippen molar-refractivity contribution in [2.24, 2.45) is 0 Å². The fraction of sp³-hybridized carbons (Fsp3) is 0.286. The minimum atomic E-state index is 0.905. The van der Waals surface area contributed by atoms with Crippen LogP contribution in [-0.4, -0.2) is 19.6 Å². The zero-order valence-electron chi connectivity index (χ0n) is 6.23. The molecule has 0 saturated carbocycles. The monoisotopic (exact) mass is 148 g/mol. The Balaban J connectivity index is 2.76. The van der Waals surface area contributed by atoms with E-state index in [9.17, 15) is 0 Å². The normalized spacial score (nSPS) is 10.6. The van der Waals surface area contributed by atoms with Gasteiger partial charge in [-0.1, -0.05) is 6.92 Å². The second kappa shape index (κ2) is 2.30. The minimum absolute atomic E-state index is 0.905. The Morgan fingerprint density at radius 1 is 1.55 bits per heavy atom. The lowest BCUT2D eigenvalue weighted by Crippen LogP contribution is -1.91. The first kappa shape index (κ1) is 6.27. The molecule has 2 heterocycles. The quantitative estimate of drug-likeness (QED) is 0.597. The SMILES string of the molecule is CCc1cnn2cncnc12. The van der Waals surface area contributed by atoms with Crippen LogP contribution in [0, 0.1) is 0 Å². The molecule has 2 aromatic heterocycles. The molecule has 4 heteroatoms. The highest BCUT2D eigenvalue weighted by Gasteiger charge is 2.00. The molecule has 0 aliphatic heterocycles. The average molecular weight is 148 g/mol. The van der Waals surface area contributed by atoms with Crippen molar-refractivity contribution in [1.29, 1.82) is 0 Å². The Hall–Kier alpha value is -1.45. The zero-order chi connectivity index (χ0) is 7.68. The summed E-state index contributed by atoms with van der Waals surface area (Å²) in [7, 11) is 0. The van der Waals surface area contributed by atoms with E-state index in [0.717, 1.165) is 17.6 Å². The first-order chi connectivity index (χ1) is 5.42. The van der Waals surface area contributed by atoms with Gasteiger partial charge in [0.1, 0.15) is 12.7 Å². The van der Waals surface area contributed by atoms with Crippen molar-refractivity contribution in [2.75, 3.05) is 0 Å². The second-order valence-corrected chi connectivity index (χ2v) is 2.30. The molecule has 56 valence electrons. The highest BCUT2D eigenvalue weighted by molar-refractivity contribution is 5.44. The van der Waals surface area contributed by atoms with Crippen molar-refractivity contribution in [3.05, 3.63) is 24.4 Å². The van der Waals surface area contributed by atoms with Crippen LogP contribution in [0.1, 0.15) is 12.5 Å². The summed E-state index contributed by atoms with van der Waals surface area (Å²) >= 11 is 0. The van der Waals surface area contributed by atoms with Crippen LogP contribution < -0.4 is 0 Å². The Kier molecular flexibility index (Phi) is 1.31. The molecule has 11 heavy (non-hydrogen) atoms. The lowest BCUT2D eigenvalue weighted by molar-refractivity contribution is 0.891. The van der Waals surface area contributed by atoms with Crippen LogP contribution in [0.5, 0.6) is 0 Å². The molecule has 0 aliphatic rings. The first-order valence-electron chi connectivity index (χ1n) is 3.54. The molecule has 2 aromatic rings. The number of nitrogens with zero attached hydrogens (tertiary/aromatic N) is 4.